The van der Waals surface area contributed by atoms with Gasteiger partial charge < -0.3 is 29.4 Å². The molecule has 3 aromatic rings. The Hall–Kier alpha value is -4.18. The zero-order chi connectivity index (χ0) is 22.7. The topological polar surface area (TPSA) is 126 Å². The number of ether oxygens (including phenoxy) is 2. The fourth-order valence-electron chi connectivity index (χ4n) is 3.06. The van der Waals surface area contributed by atoms with Crippen molar-refractivity contribution in [3.05, 3.63) is 59.2 Å². The molecule has 4 rings (SSSR count). The quantitative estimate of drug-likeness (QED) is 0.445. The highest BCUT2D eigenvalue weighted by atomic mass is 19.1. The molecule has 1 aliphatic rings. The molecule has 3 heterocycles. The van der Waals surface area contributed by atoms with E-state index in [1.54, 1.807) is 18.3 Å². The third-order valence-corrected chi connectivity index (χ3v) is 4.58. The molecular formula is C22H18FN3O6. The predicted octanol–water partition coefficient (Wildman–Crippen LogP) is 4.24. The van der Waals surface area contributed by atoms with E-state index >= 15 is 0 Å². The lowest BCUT2D eigenvalue weighted by atomic mass is 10.1. The Bertz CT molecular complexity index is 1230. The van der Waals surface area contributed by atoms with Crippen molar-refractivity contribution in [2.24, 2.45) is 4.99 Å². The zero-order valence-electron chi connectivity index (χ0n) is 16.8. The lowest BCUT2D eigenvalue weighted by Crippen LogP contribution is -2.05. The van der Waals surface area contributed by atoms with E-state index < -0.39 is 23.1 Å². The van der Waals surface area contributed by atoms with Gasteiger partial charge in [-0.05, 0) is 30.3 Å². The molecule has 2 aromatic heterocycles. The summed E-state index contributed by atoms with van der Waals surface area (Å²) in [4.78, 5) is 20.0. The van der Waals surface area contributed by atoms with Crippen LogP contribution in [-0.4, -0.2) is 47.7 Å². The van der Waals surface area contributed by atoms with Crippen molar-refractivity contribution < 1.29 is 33.3 Å². The van der Waals surface area contributed by atoms with Crippen LogP contribution in [0.15, 0.2) is 45.9 Å². The molecule has 32 heavy (non-hydrogen) atoms. The molecule has 0 saturated carbocycles. The van der Waals surface area contributed by atoms with E-state index in [0.29, 0.717) is 23.6 Å². The predicted molar refractivity (Wildman–Crippen MR) is 115 cm³/mol. The second kappa shape index (κ2) is 8.90. The van der Waals surface area contributed by atoms with Crippen molar-refractivity contribution in [2.75, 3.05) is 25.6 Å². The van der Waals surface area contributed by atoms with Crippen LogP contribution in [-0.2, 0) is 4.74 Å². The molecule has 0 unspecified atom stereocenters. The number of carboxylic acid groups (broad SMARTS) is 1. The largest absolute Gasteiger partial charge is 0.504 e. The van der Waals surface area contributed by atoms with Crippen molar-refractivity contribution >= 4 is 41.2 Å². The van der Waals surface area contributed by atoms with E-state index in [4.69, 9.17) is 13.9 Å². The van der Waals surface area contributed by atoms with Crippen LogP contribution in [0, 0.1) is 5.82 Å². The third kappa shape index (κ3) is 4.16. The molecular weight excluding hydrogens is 421 g/mol. The van der Waals surface area contributed by atoms with E-state index in [1.807, 2.05) is 0 Å². The molecule has 0 atom stereocenters. The van der Waals surface area contributed by atoms with Crippen molar-refractivity contribution in [1.29, 1.82) is 0 Å². The van der Waals surface area contributed by atoms with Gasteiger partial charge in [-0.25, -0.2) is 19.2 Å². The number of allylic oxidation sites excluding steroid dienone is 1. The number of benzene rings is 1. The van der Waals surface area contributed by atoms with Crippen LogP contribution in [0.2, 0.25) is 0 Å². The highest BCUT2D eigenvalue weighted by Crippen LogP contribution is 2.39. The van der Waals surface area contributed by atoms with Gasteiger partial charge in [-0.15, -0.1) is 0 Å². The summed E-state index contributed by atoms with van der Waals surface area (Å²) >= 11 is 0. The molecule has 0 radical (unpaired) electrons. The molecule has 0 bridgehead atoms. The molecule has 9 nitrogen and oxygen atoms in total. The molecule has 1 aliphatic heterocycles. The smallest absolute Gasteiger partial charge is 0.345 e. The van der Waals surface area contributed by atoms with Crippen LogP contribution < -0.4 is 10.1 Å². The Morgan fingerprint density at radius 2 is 2.16 bits per heavy atom. The number of aromatic hydroxyl groups is 1. The fourth-order valence-corrected chi connectivity index (χ4v) is 3.06. The summed E-state index contributed by atoms with van der Waals surface area (Å²) in [6, 6.07) is 7.52. The van der Waals surface area contributed by atoms with Crippen LogP contribution in [0.3, 0.4) is 0 Å². The van der Waals surface area contributed by atoms with Crippen molar-refractivity contribution in [3.63, 3.8) is 0 Å². The number of nitrogens with one attached hydrogen (secondary N) is 1. The van der Waals surface area contributed by atoms with E-state index in [-0.39, 0.29) is 29.7 Å². The first kappa shape index (κ1) is 21.1. The van der Waals surface area contributed by atoms with Gasteiger partial charge in [0.05, 0.1) is 12.3 Å². The number of rotatable bonds is 8. The molecule has 164 valence electrons. The zero-order valence-corrected chi connectivity index (χ0v) is 16.8. The number of hydrogen-bond donors (Lipinski definition) is 3. The molecule has 0 fully saturated rings. The minimum absolute atomic E-state index is 0.0588. The average Bonchev–Trinajstić information content (AvgIpc) is 3.31. The number of carboxylic acids is 1. The van der Waals surface area contributed by atoms with Gasteiger partial charge in [0, 0.05) is 36.7 Å². The SMILES string of the molecule is COCCOc1ccc(Nc2oc(C=C3C=Nc4ncccc43)c(O)c2C(=O)O)c(F)c1. The molecule has 1 aromatic carbocycles. The Morgan fingerprint density at radius 1 is 1.31 bits per heavy atom. The molecule has 0 spiro atoms. The highest BCUT2D eigenvalue weighted by Gasteiger charge is 2.26. The van der Waals surface area contributed by atoms with Gasteiger partial charge in [-0.2, -0.15) is 0 Å². The maximum atomic E-state index is 14.5. The number of pyridine rings is 1. The number of aliphatic imine (C=N–C) groups is 1. The molecule has 0 aliphatic carbocycles. The Kier molecular flexibility index (Phi) is 5.86. The van der Waals surface area contributed by atoms with E-state index in [2.05, 4.69) is 15.3 Å². The van der Waals surface area contributed by atoms with Gasteiger partial charge in [-0.3, -0.25) is 0 Å². The molecule has 0 amide bonds. The second-order valence-electron chi connectivity index (χ2n) is 6.66. The summed E-state index contributed by atoms with van der Waals surface area (Å²) in [7, 11) is 1.52. The average molecular weight is 439 g/mol. The summed E-state index contributed by atoms with van der Waals surface area (Å²) in [5.74, 6) is -2.41. The summed E-state index contributed by atoms with van der Waals surface area (Å²) in [6.07, 6.45) is 4.55. The number of hydrogen-bond acceptors (Lipinski definition) is 8. The summed E-state index contributed by atoms with van der Waals surface area (Å²) in [5.41, 5.74) is 0.684. The van der Waals surface area contributed by atoms with Crippen LogP contribution in [0.5, 0.6) is 11.5 Å². The van der Waals surface area contributed by atoms with Crippen LogP contribution in [0.4, 0.5) is 21.8 Å². The van der Waals surface area contributed by atoms with Crippen LogP contribution in [0.1, 0.15) is 21.7 Å². The van der Waals surface area contributed by atoms with E-state index in [1.165, 1.54) is 31.5 Å². The fraction of sp³-hybridized carbons (Fsp3) is 0.136. The van der Waals surface area contributed by atoms with E-state index in [0.717, 1.165) is 6.07 Å². The maximum Gasteiger partial charge on any atom is 0.345 e. The molecule has 3 N–H and O–H groups in total. The first-order chi connectivity index (χ1) is 15.5. The summed E-state index contributed by atoms with van der Waals surface area (Å²) in [5, 5.41) is 22.6. The minimum atomic E-state index is -1.44. The second-order valence-corrected chi connectivity index (χ2v) is 6.66. The van der Waals surface area contributed by atoms with Gasteiger partial charge in [-0.1, -0.05) is 0 Å². The van der Waals surface area contributed by atoms with Crippen molar-refractivity contribution in [2.45, 2.75) is 0 Å². The first-order valence-corrected chi connectivity index (χ1v) is 9.46. The number of aromatic nitrogens is 1. The number of fused-ring (bicyclic) bond motifs is 1. The molecule has 10 heteroatoms. The van der Waals surface area contributed by atoms with Crippen LogP contribution in [0.25, 0.3) is 11.6 Å². The van der Waals surface area contributed by atoms with Gasteiger partial charge in [0.2, 0.25) is 5.88 Å². The number of furan rings is 1. The monoisotopic (exact) mass is 439 g/mol. The van der Waals surface area contributed by atoms with E-state index in [9.17, 15) is 19.4 Å². The summed E-state index contributed by atoms with van der Waals surface area (Å²) in [6.45, 7) is 0.594. The van der Waals surface area contributed by atoms with Gasteiger partial charge in [0.15, 0.2) is 22.9 Å². The maximum absolute atomic E-state index is 14.5. The number of carbonyl (C=O) groups is 1. The summed E-state index contributed by atoms with van der Waals surface area (Å²) < 4.78 is 30.3. The lowest BCUT2D eigenvalue weighted by molar-refractivity contribution is 0.0695. The number of nitrogens with zero attached hydrogens (tertiary/aromatic N) is 2. The molecule has 0 saturated heterocycles. The number of anilines is 2. The number of aromatic carboxylic acids is 1. The van der Waals surface area contributed by atoms with Crippen molar-refractivity contribution in [1.82, 2.24) is 4.98 Å². The normalized spacial score (nSPS) is 13.4. The van der Waals surface area contributed by atoms with Crippen molar-refractivity contribution in [3.8, 4) is 11.5 Å². The highest BCUT2D eigenvalue weighted by molar-refractivity contribution is 6.21. The number of halogens is 1. The van der Waals surface area contributed by atoms with Gasteiger partial charge >= 0.3 is 5.97 Å². The lowest BCUT2D eigenvalue weighted by Gasteiger charge is -2.09. The minimum Gasteiger partial charge on any atom is -0.504 e. The Labute approximate surface area is 181 Å². The Balaban J connectivity index is 1.64. The van der Waals surface area contributed by atoms with Crippen LogP contribution >= 0.6 is 0 Å². The Morgan fingerprint density at radius 3 is 2.91 bits per heavy atom. The van der Waals surface area contributed by atoms with Gasteiger partial charge in [0.1, 0.15) is 18.2 Å². The third-order valence-electron chi connectivity index (χ3n) is 4.58. The van der Waals surface area contributed by atoms with Gasteiger partial charge in [0.25, 0.3) is 0 Å². The number of methoxy groups -OCH3 is 1. The first-order valence-electron chi connectivity index (χ1n) is 9.46. The standard InChI is InChI=1S/C22H18FN3O6/c1-30-7-8-31-13-4-5-16(15(23)10-13)26-21-18(22(28)29)19(27)17(32-21)9-12-11-25-20-14(12)3-2-6-24-20/h2-6,9-11,26-27H,7-8H2,1H3,(H,28,29).